The molecule has 256 valence electrons. The number of carbonyl (C=O) groups is 3. The minimum absolute atomic E-state index is 0.0194. The van der Waals surface area contributed by atoms with Gasteiger partial charge in [-0.05, 0) is 88.3 Å². The summed E-state index contributed by atoms with van der Waals surface area (Å²) in [5, 5.41) is 6.48. The van der Waals surface area contributed by atoms with Crippen LogP contribution in [0.3, 0.4) is 0 Å². The summed E-state index contributed by atoms with van der Waals surface area (Å²) in [5.41, 5.74) is -0.272. The Morgan fingerprint density at radius 1 is 1.04 bits per heavy atom. The van der Waals surface area contributed by atoms with Crippen LogP contribution in [0.4, 0.5) is 9.18 Å². The molecule has 1 saturated heterocycles. The number of benzene rings is 1. The maximum Gasteiger partial charge on any atom is 0.410 e. The first-order valence-corrected chi connectivity index (χ1v) is 19.0. The molecule has 45 heavy (non-hydrogen) atoms. The van der Waals surface area contributed by atoms with E-state index in [-0.39, 0.29) is 28.9 Å². The lowest BCUT2D eigenvalue weighted by Crippen LogP contribution is -2.59. The van der Waals surface area contributed by atoms with Crippen molar-refractivity contribution < 1.29 is 27.9 Å². The molecule has 11 heteroatoms. The van der Waals surface area contributed by atoms with E-state index in [1.165, 1.54) is 24.1 Å². The maximum absolute atomic E-state index is 14.3. The van der Waals surface area contributed by atoms with Gasteiger partial charge in [-0.3, -0.25) is 14.5 Å². The standard InChI is InChI=1S/C34H59FN4O5Si/c1-23(38(11)31(42)43-33(5,6)7)29(40)37-28(32(2,3)4)30(41)39-22-27(44-45(12,13)34(8,9)10)20-26(39)21-36-19-18-24-14-16-25(35)17-15-24/h14-17,23,26-28,36H,18-22H2,1-13H3,(H,37,40)/t23-,26-,27+,28+/m0/s1. The number of nitrogens with zero attached hydrogens (tertiary/aromatic N) is 2. The van der Waals surface area contributed by atoms with Crippen LogP contribution in [0, 0.1) is 11.2 Å². The van der Waals surface area contributed by atoms with Crippen molar-refractivity contribution in [3.05, 3.63) is 35.6 Å². The van der Waals surface area contributed by atoms with Gasteiger partial charge in [0.05, 0.1) is 6.10 Å². The summed E-state index contributed by atoms with van der Waals surface area (Å²) in [6, 6.07) is 4.67. The topological polar surface area (TPSA) is 100 Å². The minimum Gasteiger partial charge on any atom is -0.444 e. The Bertz CT molecular complexity index is 1160. The van der Waals surface area contributed by atoms with Crippen molar-refractivity contribution in [2.75, 3.05) is 26.7 Å². The van der Waals surface area contributed by atoms with E-state index in [1.54, 1.807) is 39.8 Å². The van der Waals surface area contributed by atoms with Crippen LogP contribution in [-0.2, 0) is 25.2 Å². The third-order valence-corrected chi connectivity index (χ3v) is 13.4. The SMILES string of the molecule is C[C@@H](C(=O)N[C@H](C(=O)N1C[C@H](O[Si](C)(C)C(C)(C)C)C[C@H]1CNCCc1ccc(F)cc1)C(C)(C)C)N(C)C(=O)OC(C)(C)C. The number of hydrogen-bond acceptors (Lipinski definition) is 6. The third-order valence-electron chi connectivity index (χ3n) is 8.85. The molecule has 1 aliphatic rings. The molecular weight excluding hydrogens is 591 g/mol. The van der Waals surface area contributed by atoms with E-state index in [1.807, 2.05) is 25.7 Å². The van der Waals surface area contributed by atoms with Crippen molar-refractivity contribution >= 4 is 26.2 Å². The Morgan fingerprint density at radius 2 is 1.62 bits per heavy atom. The molecule has 1 fully saturated rings. The van der Waals surface area contributed by atoms with Crippen LogP contribution in [0.1, 0.15) is 81.2 Å². The lowest BCUT2D eigenvalue weighted by atomic mass is 9.85. The Balaban J connectivity index is 2.24. The average Bonchev–Trinajstić information content (AvgIpc) is 3.28. The molecule has 1 heterocycles. The zero-order chi connectivity index (χ0) is 34.5. The second-order valence-electron chi connectivity index (χ2n) is 16.0. The highest BCUT2D eigenvalue weighted by Crippen LogP contribution is 2.39. The van der Waals surface area contributed by atoms with E-state index in [0.29, 0.717) is 26.1 Å². The van der Waals surface area contributed by atoms with Gasteiger partial charge in [0.2, 0.25) is 11.8 Å². The molecule has 0 saturated carbocycles. The molecule has 1 aromatic rings. The molecular formula is C34H59FN4O5Si. The molecule has 2 rings (SSSR count). The number of carbonyl (C=O) groups excluding carboxylic acids is 3. The van der Waals surface area contributed by atoms with Crippen molar-refractivity contribution in [1.82, 2.24) is 20.4 Å². The van der Waals surface area contributed by atoms with E-state index in [0.717, 1.165) is 12.0 Å². The Labute approximate surface area is 272 Å². The highest BCUT2D eigenvalue weighted by Gasteiger charge is 2.46. The number of nitrogens with one attached hydrogen (secondary N) is 2. The van der Waals surface area contributed by atoms with Crippen molar-refractivity contribution in [2.45, 2.75) is 130 Å². The largest absolute Gasteiger partial charge is 0.444 e. The molecule has 0 aromatic heterocycles. The van der Waals surface area contributed by atoms with Crippen molar-refractivity contribution in [2.24, 2.45) is 5.41 Å². The fourth-order valence-corrected chi connectivity index (χ4v) is 6.27. The smallest absolute Gasteiger partial charge is 0.410 e. The van der Waals surface area contributed by atoms with Crippen LogP contribution in [-0.4, -0.2) is 92.5 Å². The molecule has 0 aliphatic carbocycles. The van der Waals surface area contributed by atoms with Gasteiger partial charge < -0.3 is 24.7 Å². The van der Waals surface area contributed by atoms with Crippen LogP contribution in [0.25, 0.3) is 0 Å². The number of rotatable bonds is 11. The molecule has 2 N–H and O–H groups in total. The van der Waals surface area contributed by atoms with E-state index in [4.69, 9.17) is 9.16 Å². The van der Waals surface area contributed by atoms with Crippen molar-refractivity contribution in [1.29, 1.82) is 0 Å². The maximum atomic E-state index is 14.3. The van der Waals surface area contributed by atoms with Gasteiger partial charge in [0.15, 0.2) is 8.32 Å². The Morgan fingerprint density at radius 3 is 2.13 bits per heavy atom. The molecule has 1 aliphatic heterocycles. The summed E-state index contributed by atoms with van der Waals surface area (Å²) < 4.78 is 25.5. The molecule has 3 amide bonds. The minimum atomic E-state index is -2.10. The summed E-state index contributed by atoms with van der Waals surface area (Å²) in [5.74, 6) is -0.862. The van der Waals surface area contributed by atoms with Gasteiger partial charge in [-0.15, -0.1) is 0 Å². The molecule has 0 unspecified atom stereocenters. The molecule has 0 bridgehead atoms. The van der Waals surface area contributed by atoms with Gasteiger partial charge in [-0.2, -0.15) is 0 Å². The molecule has 0 radical (unpaired) electrons. The second kappa shape index (κ2) is 14.9. The van der Waals surface area contributed by atoms with Crippen LogP contribution >= 0.6 is 0 Å². The van der Waals surface area contributed by atoms with Gasteiger partial charge in [0, 0.05) is 26.2 Å². The predicted molar refractivity (Wildman–Crippen MR) is 180 cm³/mol. The highest BCUT2D eigenvalue weighted by atomic mass is 28.4. The fraction of sp³-hybridized carbons (Fsp3) is 0.735. The molecule has 9 nitrogen and oxygen atoms in total. The second-order valence-corrected chi connectivity index (χ2v) is 20.8. The Kier molecular flexibility index (Phi) is 12.8. The number of amides is 3. The molecule has 1 aromatic carbocycles. The van der Waals surface area contributed by atoms with Crippen LogP contribution in [0.15, 0.2) is 24.3 Å². The Hall–Kier alpha value is -2.50. The lowest BCUT2D eigenvalue weighted by molar-refractivity contribution is -0.141. The average molecular weight is 651 g/mol. The predicted octanol–water partition coefficient (Wildman–Crippen LogP) is 5.74. The first kappa shape index (κ1) is 38.7. The summed E-state index contributed by atoms with van der Waals surface area (Å²) in [7, 11) is -0.587. The van der Waals surface area contributed by atoms with Crippen LogP contribution in [0.2, 0.25) is 18.1 Å². The van der Waals surface area contributed by atoms with Crippen molar-refractivity contribution in [3.63, 3.8) is 0 Å². The van der Waals surface area contributed by atoms with E-state index >= 15 is 0 Å². The lowest BCUT2D eigenvalue weighted by Gasteiger charge is -2.39. The number of hydrogen-bond donors (Lipinski definition) is 2. The third kappa shape index (κ3) is 11.4. The van der Waals surface area contributed by atoms with Gasteiger partial charge in [-0.1, -0.05) is 53.7 Å². The molecule has 0 spiro atoms. The van der Waals surface area contributed by atoms with Gasteiger partial charge in [0.25, 0.3) is 0 Å². The van der Waals surface area contributed by atoms with E-state index in [9.17, 15) is 18.8 Å². The normalized spacial score (nSPS) is 19.2. The van der Waals surface area contributed by atoms with Gasteiger partial charge in [0.1, 0.15) is 23.5 Å². The monoisotopic (exact) mass is 650 g/mol. The number of likely N-dealkylation sites (N-methyl/N-ethyl adjacent to an activating group) is 1. The zero-order valence-corrected chi connectivity index (χ0v) is 31.0. The van der Waals surface area contributed by atoms with Gasteiger partial charge in [-0.25, -0.2) is 9.18 Å². The molecule has 4 atom stereocenters. The zero-order valence-electron chi connectivity index (χ0n) is 30.0. The summed E-state index contributed by atoms with van der Waals surface area (Å²) in [6.45, 7) is 25.4. The fourth-order valence-electron chi connectivity index (χ4n) is 4.91. The van der Waals surface area contributed by atoms with Crippen molar-refractivity contribution in [3.8, 4) is 0 Å². The quantitative estimate of drug-likeness (QED) is 0.234. The first-order valence-electron chi connectivity index (χ1n) is 16.1. The van der Waals surface area contributed by atoms with Gasteiger partial charge >= 0.3 is 6.09 Å². The summed E-state index contributed by atoms with van der Waals surface area (Å²) >= 11 is 0. The number of likely N-dealkylation sites (tertiary alicyclic amines) is 1. The van der Waals surface area contributed by atoms with E-state index < -0.39 is 43.4 Å². The van der Waals surface area contributed by atoms with E-state index in [2.05, 4.69) is 44.5 Å². The number of ether oxygens (including phenoxy) is 1. The van der Waals surface area contributed by atoms with Crippen LogP contribution in [0.5, 0.6) is 0 Å². The summed E-state index contributed by atoms with van der Waals surface area (Å²) in [6.07, 6.45) is 0.687. The summed E-state index contributed by atoms with van der Waals surface area (Å²) in [4.78, 5) is 43.5. The first-order chi connectivity index (χ1) is 20.4. The number of halogens is 1. The highest BCUT2D eigenvalue weighted by molar-refractivity contribution is 6.74. The van der Waals surface area contributed by atoms with Crippen LogP contribution < -0.4 is 10.6 Å².